The molecule has 2 rings (SSSR count). The highest BCUT2D eigenvalue weighted by atomic mass is 19.2. The topological polar surface area (TPSA) is 61.4 Å². The quantitative estimate of drug-likeness (QED) is 0.869. The third-order valence-corrected chi connectivity index (χ3v) is 3.94. The standard InChI is InChI=1S/C16H21F2N3O2/c1-11-4-2-3-7-21(11)10-16(23)19-9-15(22)20-12-5-6-13(17)14(18)8-12/h5-6,8,11H,2-4,7,9-10H2,1H3,(H,19,23)(H,20,22)/t11-/m0/s1. The zero-order valence-corrected chi connectivity index (χ0v) is 13.1. The lowest BCUT2D eigenvalue weighted by Crippen LogP contribution is -2.45. The third-order valence-electron chi connectivity index (χ3n) is 3.94. The molecule has 0 saturated carbocycles. The smallest absolute Gasteiger partial charge is 0.243 e. The van der Waals surface area contributed by atoms with E-state index in [1.165, 1.54) is 12.5 Å². The summed E-state index contributed by atoms with van der Waals surface area (Å²) in [5, 5.41) is 4.94. The van der Waals surface area contributed by atoms with E-state index in [1.807, 2.05) is 0 Å². The highest BCUT2D eigenvalue weighted by Gasteiger charge is 2.20. The Balaban J connectivity index is 1.75. The Morgan fingerprint density at radius 2 is 2.00 bits per heavy atom. The predicted octanol–water partition coefficient (Wildman–Crippen LogP) is 1.89. The van der Waals surface area contributed by atoms with E-state index in [0.29, 0.717) is 6.04 Å². The molecule has 1 fully saturated rings. The highest BCUT2D eigenvalue weighted by Crippen LogP contribution is 2.15. The first-order valence-corrected chi connectivity index (χ1v) is 7.71. The Bertz CT molecular complexity index is 580. The van der Waals surface area contributed by atoms with Crippen molar-refractivity contribution < 1.29 is 18.4 Å². The molecule has 0 aliphatic carbocycles. The van der Waals surface area contributed by atoms with Gasteiger partial charge in [-0.2, -0.15) is 0 Å². The number of likely N-dealkylation sites (tertiary alicyclic amines) is 1. The van der Waals surface area contributed by atoms with Crippen LogP contribution in [0.15, 0.2) is 18.2 Å². The van der Waals surface area contributed by atoms with Gasteiger partial charge in [0.1, 0.15) is 0 Å². The molecule has 0 bridgehead atoms. The van der Waals surface area contributed by atoms with E-state index in [1.54, 1.807) is 0 Å². The van der Waals surface area contributed by atoms with Crippen LogP contribution in [0.2, 0.25) is 0 Å². The van der Waals surface area contributed by atoms with Crippen LogP contribution in [-0.2, 0) is 9.59 Å². The number of carbonyl (C=O) groups is 2. The molecule has 126 valence electrons. The second-order valence-electron chi connectivity index (χ2n) is 5.77. The van der Waals surface area contributed by atoms with Gasteiger partial charge in [-0.3, -0.25) is 14.5 Å². The number of piperidine rings is 1. The number of nitrogens with zero attached hydrogens (tertiary/aromatic N) is 1. The largest absolute Gasteiger partial charge is 0.346 e. The molecule has 1 aliphatic heterocycles. The number of nitrogens with one attached hydrogen (secondary N) is 2. The van der Waals surface area contributed by atoms with Gasteiger partial charge in [-0.05, 0) is 38.4 Å². The Labute approximate surface area is 134 Å². The van der Waals surface area contributed by atoms with Crippen LogP contribution in [0, 0.1) is 11.6 Å². The maximum Gasteiger partial charge on any atom is 0.243 e. The lowest BCUT2D eigenvalue weighted by atomic mass is 10.0. The van der Waals surface area contributed by atoms with E-state index in [-0.39, 0.29) is 24.7 Å². The van der Waals surface area contributed by atoms with Crippen LogP contribution in [-0.4, -0.2) is 42.4 Å². The molecule has 1 aliphatic rings. The second-order valence-corrected chi connectivity index (χ2v) is 5.77. The van der Waals surface area contributed by atoms with Gasteiger partial charge in [-0.1, -0.05) is 6.42 Å². The predicted molar refractivity (Wildman–Crippen MR) is 82.9 cm³/mol. The normalized spacial score (nSPS) is 18.5. The van der Waals surface area contributed by atoms with Gasteiger partial charge in [-0.15, -0.1) is 0 Å². The van der Waals surface area contributed by atoms with Gasteiger partial charge in [0, 0.05) is 17.8 Å². The van der Waals surface area contributed by atoms with Gasteiger partial charge >= 0.3 is 0 Å². The van der Waals surface area contributed by atoms with Crippen molar-refractivity contribution in [3.63, 3.8) is 0 Å². The van der Waals surface area contributed by atoms with E-state index in [0.717, 1.165) is 31.5 Å². The molecule has 1 atom stereocenters. The van der Waals surface area contributed by atoms with Gasteiger partial charge in [0.15, 0.2) is 11.6 Å². The van der Waals surface area contributed by atoms with Gasteiger partial charge < -0.3 is 10.6 Å². The van der Waals surface area contributed by atoms with Gasteiger partial charge in [0.05, 0.1) is 13.1 Å². The summed E-state index contributed by atoms with van der Waals surface area (Å²) in [6.45, 7) is 3.03. The SMILES string of the molecule is C[C@H]1CCCCN1CC(=O)NCC(=O)Nc1ccc(F)c(F)c1. The summed E-state index contributed by atoms with van der Waals surface area (Å²) < 4.78 is 25.8. The van der Waals surface area contributed by atoms with Crippen LogP contribution in [0.1, 0.15) is 26.2 Å². The van der Waals surface area contributed by atoms with Gasteiger partial charge in [0.25, 0.3) is 0 Å². The number of amides is 2. The molecule has 0 radical (unpaired) electrons. The first kappa shape index (κ1) is 17.3. The van der Waals surface area contributed by atoms with Crippen molar-refractivity contribution in [1.82, 2.24) is 10.2 Å². The zero-order valence-electron chi connectivity index (χ0n) is 13.1. The van der Waals surface area contributed by atoms with E-state index >= 15 is 0 Å². The van der Waals surface area contributed by atoms with Crippen LogP contribution in [0.4, 0.5) is 14.5 Å². The van der Waals surface area contributed by atoms with Crippen molar-refractivity contribution in [2.45, 2.75) is 32.2 Å². The summed E-state index contributed by atoms with van der Waals surface area (Å²) in [5.41, 5.74) is 0.146. The van der Waals surface area contributed by atoms with Gasteiger partial charge in [0.2, 0.25) is 11.8 Å². The van der Waals surface area contributed by atoms with Crippen molar-refractivity contribution in [2.75, 3.05) is 25.0 Å². The number of rotatable bonds is 5. The van der Waals surface area contributed by atoms with Crippen molar-refractivity contribution in [2.24, 2.45) is 0 Å². The lowest BCUT2D eigenvalue weighted by molar-refractivity contribution is -0.125. The Kier molecular flexibility index (Phi) is 6.04. The number of carbonyl (C=O) groups excluding carboxylic acids is 2. The number of anilines is 1. The first-order valence-electron chi connectivity index (χ1n) is 7.71. The fourth-order valence-corrected chi connectivity index (χ4v) is 2.59. The van der Waals surface area contributed by atoms with E-state index in [4.69, 9.17) is 0 Å². The summed E-state index contributed by atoms with van der Waals surface area (Å²) in [6.07, 6.45) is 3.33. The number of hydrogen-bond donors (Lipinski definition) is 2. The van der Waals surface area contributed by atoms with Crippen LogP contribution in [0.25, 0.3) is 0 Å². The van der Waals surface area contributed by atoms with Crippen molar-refractivity contribution in [3.8, 4) is 0 Å². The van der Waals surface area contributed by atoms with Crippen LogP contribution in [0.5, 0.6) is 0 Å². The van der Waals surface area contributed by atoms with Crippen molar-refractivity contribution >= 4 is 17.5 Å². The average Bonchev–Trinajstić information content (AvgIpc) is 2.51. The summed E-state index contributed by atoms with van der Waals surface area (Å²) in [7, 11) is 0. The molecule has 1 aromatic rings. The summed E-state index contributed by atoms with van der Waals surface area (Å²) >= 11 is 0. The van der Waals surface area contributed by atoms with Gasteiger partial charge in [-0.25, -0.2) is 8.78 Å². The minimum atomic E-state index is -1.04. The Morgan fingerprint density at radius 3 is 2.70 bits per heavy atom. The maximum atomic E-state index is 13.0. The van der Waals surface area contributed by atoms with E-state index < -0.39 is 17.5 Å². The fourth-order valence-electron chi connectivity index (χ4n) is 2.59. The van der Waals surface area contributed by atoms with E-state index in [2.05, 4.69) is 22.5 Å². The minimum absolute atomic E-state index is 0.146. The zero-order chi connectivity index (χ0) is 16.8. The summed E-state index contributed by atoms with van der Waals surface area (Å²) in [6, 6.07) is 3.45. The average molecular weight is 325 g/mol. The molecular formula is C16H21F2N3O2. The molecule has 23 heavy (non-hydrogen) atoms. The number of halogens is 2. The molecule has 1 aromatic carbocycles. The molecule has 1 heterocycles. The molecule has 2 N–H and O–H groups in total. The Morgan fingerprint density at radius 1 is 1.22 bits per heavy atom. The highest BCUT2D eigenvalue weighted by molar-refractivity contribution is 5.94. The van der Waals surface area contributed by atoms with Crippen molar-refractivity contribution in [3.05, 3.63) is 29.8 Å². The summed E-state index contributed by atoms with van der Waals surface area (Å²) in [4.78, 5) is 25.7. The molecule has 0 aromatic heterocycles. The van der Waals surface area contributed by atoms with Crippen LogP contribution in [0.3, 0.4) is 0 Å². The number of benzene rings is 1. The molecule has 5 nitrogen and oxygen atoms in total. The third kappa shape index (κ3) is 5.28. The molecule has 7 heteroatoms. The van der Waals surface area contributed by atoms with E-state index in [9.17, 15) is 18.4 Å². The molecule has 1 saturated heterocycles. The molecule has 2 amide bonds. The lowest BCUT2D eigenvalue weighted by Gasteiger charge is -2.32. The monoisotopic (exact) mass is 325 g/mol. The molecule has 0 spiro atoms. The van der Waals surface area contributed by atoms with Crippen LogP contribution >= 0.6 is 0 Å². The van der Waals surface area contributed by atoms with Crippen molar-refractivity contribution in [1.29, 1.82) is 0 Å². The molecular weight excluding hydrogens is 304 g/mol. The number of hydrogen-bond acceptors (Lipinski definition) is 3. The fraction of sp³-hybridized carbons (Fsp3) is 0.500. The minimum Gasteiger partial charge on any atom is -0.346 e. The maximum absolute atomic E-state index is 13.0. The Hall–Kier alpha value is -2.02. The summed E-state index contributed by atoms with van der Waals surface area (Å²) in [5.74, 6) is -2.73. The van der Waals surface area contributed by atoms with Crippen LogP contribution < -0.4 is 10.6 Å². The second kappa shape index (κ2) is 8.01. The first-order chi connectivity index (χ1) is 11.0. The molecule has 0 unspecified atom stereocenters.